The lowest BCUT2D eigenvalue weighted by atomic mass is 10.0. The Bertz CT molecular complexity index is 637. The minimum absolute atomic E-state index is 0.0968. The van der Waals surface area contributed by atoms with Gasteiger partial charge in [-0.25, -0.2) is 8.42 Å². The Morgan fingerprint density at radius 3 is 2.23 bits per heavy atom. The van der Waals surface area contributed by atoms with Crippen molar-refractivity contribution >= 4 is 21.0 Å². The van der Waals surface area contributed by atoms with Crippen molar-refractivity contribution in [3.05, 3.63) is 35.4 Å². The highest BCUT2D eigenvalue weighted by molar-refractivity contribution is 8.05. The van der Waals surface area contributed by atoms with Crippen LogP contribution in [0.2, 0.25) is 0 Å². The summed E-state index contributed by atoms with van der Waals surface area (Å²) < 4.78 is 24.1. The van der Waals surface area contributed by atoms with Crippen LogP contribution < -0.4 is 0 Å². The minimum atomic E-state index is -3.89. The molecule has 122 valence electrons. The fraction of sp³-hybridized carbons (Fsp3) is 0.467. The second-order valence-corrected chi connectivity index (χ2v) is 7.16. The molecule has 22 heavy (non-hydrogen) atoms. The Labute approximate surface area is 130 Å². The molecule has 7 heteroatoms. The van der Waals surface area contributed by atoms with Gasteiger partial charge in [-0.15, -0.1) is 0 Å². The summed E-state index contributed by atoms with van der Waals surface area (Å²) in [5.41, 5.74) is 1.43. The summed E-state index contributed by atoms with van der Waals surface area (Å²) in [7, 11) is -1.09. The number of aliphatic carboxylic acids is 1. The number of amides is 1. The highest BCUT2D eigenvalue weighted by atomic mass is 32.2. The molecule has 1 aromatic carbocycles. The van der Waals surface area contributed by atoms with E-state index in [1.807, 2.05) is 6.07 Å². The number of nitrogens with zero attached hydrogens (tertiary/aromatic N) is 1. The van der Waals surface area contributed by atoms with E-state index in [4.69, 9.17) is 5.11 Å². The van der Waals surface area contributed by atoms with Crippen LogP contribution in [0, 0.1) is 0 Å². The first-order valence-electron chi connectivity index (χ1n) is 6.96. The highest BCUT2D eigenvalue weighted by Crippen LogP contribution is 2.17. The van der Waals surface area contributed by atoms with Gasteiger partial charge in [0.05, 0.1) is 5.75 Å². The molecule has 0 aliphatic rings. The summed E-state index contributed by atoms with van der Waals surface area (Å²) in [4.78, 5) is 23.2. The fourth-order valence-corrected chi connectivity index (χ4v) is 3.45. The molecule has 0 bridgehead atoms. The number of hydrogen-bond donors (Lipinski definition) is 1. The summed E-state index contributed by atoms with van der Waals surface area (Å²) >= 11 is 0. The number of carboxylic acids is 1. The van der Waals surface area contributed by atoms with Crippen molar-refractivity contribution in [2.75, 3.05) is 14.1 Å². The lowest BCUT2D eigenvalue weighted by Crippen LogP contribution is -2.29. The molecule has 0 aliphatic carbocycles. The molecule has 0 heterocycles. The summed E-state index contributed by atoms with van der Waals surface area (Å²) in [6, 6.07) is 7.03. The van der Waals surface area contributed by atoms with Crippen LogP contribution in [-0.4, -0.2) is 43.7 Å². The number of carbonyl (C=O) groups excluding carboxylic acids is 1. The van der Waals surface area contributed by atoms with E-state index in [1.54, 1.807) is 18.2 Å². The van der Waals surface area contributed by atoms with Crippen LogP contribution in [0.5, 0.6) is 0 Å². The van der Waals surface area contributed by atoms with Gasteiger partial charge in [0, 0.05) is 20.5 Å². The predicted molar refractivity (Wildman–Crippen MR) is 83.3 cm³/mol. The van der Waals surface area contributed by atoms with E-state index in [9.17, 15) is 18.0 Å². The van der Waals surface area contributed by atoms with Gasteiger partial charge < -0.3 is 10.0 Å². The Morgan fingerprint density at radius 1 is 1.09 bits per heavy atom. The van der Waals surface area contributed by atoms with E-state index in [1.165, 1.54) is 14.1 Å². The first-order valence-corrected chi connectivity index (χ1v) is 8.62. The molecule has 6 nitrogen and oxygen atoms in total. The highest BCUT2D eigenvalue weighted by Gasteiger charge is 2.25. The Morgan fingerprint density at radius 2 is 1.68 bits per heavy atom. The van der Waals surface area contributed by atoms with Crippen molar-refractivity contribution < 1.29 is 23.1 Å². The minimum Gasteiger partial charge on any atom is -0.481 e. The molecule has 1 aromatic rings. The molecule has 0 radical (unpaired) electrons. The van der Waals surface area contributed by atoms with E-state index in [0.717, 1.165) is 10.5 Å². The molecule has 0 unspecified atom stereocenters. The monoisotopic (exact) mass is 327 g/mol. The molecule has 0 aromatic heterocycles. The second kappa shape index (κ2) is 7.93. The number of unbranched alkanes of at least 4 members (excludes halogenated alkanes) is 1. The lowest BCUT2D eigenvalue weighted by molar-refractivity contribution is -0.137. The number of rotatable bonds is 7. The van der Waals surface area contributed by atoms with Crippen molar-refractivity contribution in [1.29, 1.82) is 0 Å². The van der Waals surface area contributed by atoms with Crippen LogP contribution in [-0.2, 0) is 26.8 Å². The standard InChI is InChI=1S/C15H21NO5S/c1-16(2)15(19)22(20,21)11-13-9-4-3-7-12(13)8-5-6-10-14(17)18/h3-4,7,9H,5-6,8,10-11H2,1-2H3,(H,17,18). The zero-order valence-corrected chi connectivity index (χ0v) is 13.6. The molecule has 1 N–H and O–H groups in total. The summed E-state index contributed by atoms with van der Waals surface area (Å²) in [6.45, 7) is 0. The average molecular weight is 327 g/mol. The average Bonchev–Trinajstić information content (AvgIpc) is 2.43. The molecule has 0 atom stereocenters. The van der Waals surface area contributed by atoms with Gasteiger partial charge in [-0.1, -0.05) is 24.3 Å². The van der Waals surface area contributed by atoms with Crippen LogP contribution in [0.4, 0.5) is 4.79 Å². The van der Waals surface area contributed by atoms with Gasteiger partial charge in [0.25, 0.3) is 0 Å². The first kappa shape index (κ1) is 18.2. The summed E-state index contributed by atoms with van der Waals surface area (Å²) in [6.07, 6.45) is 1.88. The van der Waals surface area contributed by atoms with Crippen molar-refractivity contribution in [1.82, 2.24) is 4.90 Å². The van der Waals surface area contributed by atoms with Crippen LogP contribution in [0.25, 0.3) is 0 Å². The topological polar surface area (TPSA) is 91.8 Å². The van der Waals surface area contributed by atoms with Crippen molar-refractivity contribution in [2.45, 2.75) is 31.4 Å². The zero-order valence-electron chi connectivity index (χ0n) is 12.8. The van der Waals surface area contributed by atoms with E-state index in [2.05, 4.69) is 0 Å². The fourth-order valence-electron chi connectivity index (χ4n) is 2.08. The maximum atomic E-state index is 12.0. The van der Waals surface area contributed by atoms with Gasteiger partial charge in [-0.3, -0.25) is 9.59 Å². The van der Waals surface area contributed by atoms with Crippen molar-refractivity contribution in [3.8, 4) is 0 Å². The molecule has 0 spiro atoms. The van der Waals surface area contributed by atoms with Gasteiger partial charge in [-0.05, 0) is 30.4 Å². The van der Waals surface area contributed by atoms with Gasteiger partial charge in [0.1, 0.15) is 0 Å². The van der Waals surface area contributed by atoms with Crippen LogP contribution in [0.1, 0.15) is 30.4 Å². The third-order valence-electron chi connectivity index (χ3n) is 3.18. The van der Waals surface area contributed by atoms with Crippen molar-refractivity contribution in [2.24, 2.45) is 0 Å². The molecule has 1 amide bonds. The van der Waals surface area contributed by atoms with Crippen LogP contribution in [0.3, 0.4) is 0 Å². The third kappa shape index (κ3) is 5.48. The van der Waals surface area contributed by atoms with E-state index in [-0.39, 0.29) is 12.2 Å². The maximum absolute atomic E-state index is 12.0. The van der Waals surface area contributed by atoms with Gasteiger partial charge in [-0.2, -0.15) is 0 Å². The maximum Gasteiger partial charge on any atom is 0.338 e. The molecule has 0 saturated heterocycles. The SMILES string of the molecule is CN(C)C(=O)S(=O)(=O)Cc1ccccc1CCCCC(=O)O. The first-order chi connectivity index (χ1) is 10.2. The van der Waals surface area contributed by atoms with E-state index in [0.29, 0.717) is 24.8 Å². The lowest BCUT2D eigenvalue weighted by Gasteiger charge is -2.13. The van der Waals surface area contributed by atoms with E-state index >= 15 is 0 Å². The largest absolute Gasteiger partial charge is 0.481 e. The Kier molecular flexibility index (Phi) is 6.55. The third-order valence-corrected chi connectivity index (χ3v) is 4.77. The summed E-state index contributed by atoms with van der Waals surface area (Å²) in [5.74, 6) is -1.17. The second-order valence-electron chi connectivity index (χ2n) is 5.29. The van der Waals surface area contributed by atoms with Crippen LogP contribution >= 0.6 is 0 Å². The normalized spacial score (nSPS) is 11.2. The number of carboxylic acid groups (broad SMARTS) is 1. The van der Waals surface area contributed by atoms with Gasteiger partial charge in [0.2, 0.25) is 9.84 Å². The van der Waals surface area contributed by atoms with Gasteiger partial charge in [0.15, 0.2) is 0 Å². The van der Waals surface area contributed by atoms with Gasteiger partial charge >= 0.3 is 11.2 Å². The van der Waals surface area contributed by atoms with E-state index < -0.39 is 21.0 Å². The molecule has 1 rings (SSSR count). The molecular weight excluding hydrogens is 306 g/mol. The number of carbonyl (C=O) groups is 2. The summed E-state index contributed by atoms with van der Waals surface area (Å²) in [5, 5.41) is 7.70. The number of aryl methyl sites for hydroxylation is 1. The zero-order chi connectivity index (χ0) is 16.8. The molecule has 0 aliphatic heterocycles. The smallest absolute Gasteiger partial charge is 0.338 e. The Balaban J connectivity index is 2.79. The molecular formula is C15H21NO5S. The predicted octanol–water partition coefficient (Wildman–Crippen LogP) is 2.08. The Hall–Kier alpha value is -1.89. The number of benzene rings is 1. The number of hydrogen-bond acceptors (Lipinski definition) is 4. The van der Waals surface area contributed by atoms with Crippen LogP contribution in [0.15, 0.2) is 24.3 Å². The van der Waals surface area contributed by atoms with Crippen molar-refractivity contribution in [3.63, 3.8) is 0 Å². The quantitative estimate of drug-likeness (QED) is 0.774. The molecule has 0 saturated carbocycles. The number of sulfone groups is 1. The molecule has 0 fully saturated rings.